The molecule has 1 saturated carbocycles. The van der Waals surface area contributed by atoms with Gasteiger partial charge >= 0.3 is 0 Å². The van der Waals surface area contributed by atoms with E-state index in [0.717, 1.165) is 25.7 Å². The van der Waals surface area contributed by atoms with Crippen molar-refractivity contribution in [1.29, 1.82) is 0 Å². The fourth-order valence-electron chi connectivity index (χ4n) is 3.47. The Kier molecular flexibility index (Phi) is 6.84. The molecule has 0 saturated heterocycles. The summed E-state index contributed by atoms with van der Waals surface area (Å²) in [7, 11) is 0. The fourth-order valence-corrected chi connectivity index (χ4v) is 3.47. The third-order valence-electron chi connectivity index (χ3n) is 5.43. The Morgan fingerprint density at radius 3 is 2.33 bits per heavy atom. The Morgan fingerprint density at radius 1 is 1.00 bits per heavy atom. The average Bonchev–Trinajstić information content (AvgIpc) is 3.53. The summed E-state index contributed by atoms with van der Waals surface area (Å²) in [5.74, 6) is 0.518. The van der Waals surface area contributed by atoms with Gasteiger partial charge < -0.3 is 15.3 Å². The van der Waals surface area contributed by atoms with Crippen LogP contribution in [0.5, 0.6) is 0 Å². The van der Waals surface area contributed by atoms with Crippen LogP contribution >= 0.6 is 0 Å². The number of hydrogen-bond acceptors (Lipinski definition) is 3. The summed E-state index contributed by atoms with van der Waals surface area (Å²) in [6, 6.07) is 16.1. The second-order valence-corrected chi connectivity index (χ2v) is 7.54. The number of rotatable bonds is 9. The predicted octanol–water partition coefficient (Wildman–Crippen LogP) is 4.41. The largest absolute Gasteiger partial charge is 0.393 e. The van der Waals surface area contributed by atoms with Gasteiger partial charge in [0.1, 0.15) is 0 Å². The standard InChI is InChI=1S/C24H30O3/c1-2-19(14-15-23(25)20-12-13-20)22-5-3-4-18(16-22)7-6-17-8-10-21(11-9-17)24(26)27/h3-5,8-11,14,16,20,23-27H,2,6-7,12-13,15H2,1H3. The number of benzene rings is 2. The summed E-state index contributed by atoms with van der Waals surface area (Å²) in [6.07, 6.45) is 6.53. The molecule has 3 N–H and O–H groups in total. The van der Waals surface area contributed by atoms with Crippen LogP contribution in [0.15, 0.2) is 54.6 Å². The highest BCUT2D eigenvalue weighted by molar-refractivity contribution is 5.65. The highest BCUT2D eigenvalue weighted by Crippen LogP contribution is 2.34. The number of hydrogen-bond donors (Lipinski definition) is 3. The third kappa shape index (κ3) is 5.77. The lowest BCUT2D eigenvalue weighted by molar-refractivity contribution is -0.0424. The first-order valence-electron chi connectivity index (χ1n) is 9.98. The van der Waals surface area contributed by atoms with Crippen molar-refractivity contribution in [2.45, 2.75) is 57.8 Å². The van der Waals surface area contributed by atoms with Crippen molar-refractivity contribution in [1.82, 2.24) is 0 Å². The lowest BCUT2D eigenvalue weighted by Crippen LogP contribution is -2.07. The molecule has 0 heterocycles. The van der Waals surface area contributed by atoms with Crippen LogP contribution in [-0.2, 0) is 12.8 Å². The quantitative estimate of drug-likeness (QED) is 0.576. The van der Waals surface area contributed by atoms with Gasteiger partial charge in [0, 0.05) is 5.56 Å². The minimum Gasteiger partial charge on any atom is -0.393 e. The summed E-state index contributed by atoms with van der Waals surface area (Å²) >= 11 is 0. The van der Waals surface area contributed by atoms with Crippen LogP contribution in [0.1, 0.15) is 61.2 Å². The molecular formula is C24H30O3. The maximum Gasteiger partial charge on any atom is 0.178 e. The second kappa shape index (κ2) is 9.32. The molecule has 1 aliphatic rings. The SMILES string of the molecule is CCC(=CCC(O)C1CC1)c1cccc(CCc2ccc(C(O)O)cc2)c1. The molecule has 1 fully saturated rings. The molecule has 2 aromatic rings. The van der Waals surface area contributed by atoms with Crippen LogP contribution in [0.3, 0.4) is 0 Å². The Balaban J connectivity index is 1.62. The Labute approximate surface area is 162 Å². The normalized spacial score (nSPS) is 16.0. The third-order valence-corrected chi connectivity index (χ3v) is 5.43. The molecule has 3 nitrogen and oxygen atoms in total. The minimum atomic E-state index is -1.41. The van der Waals surface area contributed by atoms with E-state index in [-0.39, 0.29) is 6.10 Å². The van der Waals surface area contributed by atoms with E-state index in [4.69, 9.17) is 0 Å². The van der Waals surface area contributed by atoms with E-state index in [1.165, 1.54) is 35.1 Å². The van der Waals surface area contributed by atoms with Crippen LogP contribution in [0.25, 0.3) is 5.57 Å². The molecule has 0 amide bonds. The van der Waals surface area contributed by atoms with Crippen molar-refractivity contribution < 1.29 is 15.3 Å². The van der Waals surface area contributed by atoms with Crippen LogP contribution in [0.2, 0.25) is 0 Å². The number of allylic oxidation sites excluding steroid dienone is 1. The lowest BCUT2D eigenvalue weighted by Gasteiger charge is -2.11. The fraction of sp³-hybridized carbons (Fsp3) is 0.417. The topological polar surface area (TPSA) is 60.7 Å². The van der Waals surface area contributed by atoms with Crippen molar-refractivity contribution in [3.63, 3.8) is 0 Å². The summed E-state index contributed by atoms with van der Waals surface area (Å²) in [5.41, 5.74) is 5.55. The van der Waals surface area contributed by atoms with E-state index in [0.29, 0.717) is 11.5 Å². The van der Waals surface area contributed by atoms with Gasteiger partial charge in [-0.05, 0) is 66.7 Å². The van der Waals surface area contributed by atoms with Crippen LogP contribution < -0.4 is 0 Å². The molecule has 0 aliphatic heterocycles. The molecule has 0 radical (unpaired) electrons. The van der Waals surface area contributed by atoms with Crippen LogP contribution in [0.4, 0.5) is 0 Å². The van der Waals surface area contributed by atoms with Gasteiger partial charge in [-0.15, -0.1) is 0 Å². The monoisotopic (exact) mass is 366 g/mol. The summed E-state index contributed by atoms with van der Waals surface area (Å²) in [6.45, 7) is 2.17. The Bertz CT molecular complexity index is 757. The molecule has 0 aromatic heterocycles. The lowest BCUT2D eigenvalue weighted by atomic mass is 9.96. The first kappa shape index (κ1) is 19.8. The van der Waals surface area contributed by atoms with Gasteiger partial charge in [-0.3, -0.25) is 0 Å². The van der Waals surface area contributed by atoms with Gasteiger partial charge in [0.25, 0.3) is 0 Å². The van der Waals surface area contributed by atoms with E-state index in [9.17, 15) is 15.3 Å². The highest BCUT2D eigenvalue weighted by Gasteiger charge is 2.28. The second-order valence-electron chi connectivity index (χ2n) is 7.54. The van der Waals surface area contributed by atoms with Crippen LogP contribution in [-0.4, -0.2) is 21.4 Å². The zero-order chi connectivity index (χ0) is 19.2. The smallest absolute Gasteiger partial charge is 0.178 e. The van der Waals surface area contributed by atoms with Gasteiger partial charge in [-0.1, -0.05) is 61.5 Å². The highest BCUT2D eigenvalue weighted by atomic mass is 16.5. The maximum absolute atomic E-state index is 10.1. The van der Waals surface area contributed by atoms with Gasteiger partial charge in [0.2, 0.25) is 0 Å². The molecular weight excluding hydrogens is 336 g/mol. The molecule has 2 aromatic carbocycles. The van der Waals surface area contributed by atoms with E-state index in [1.54, 1.807) is 12.1 Å². The predicted molar refractivity (Wildman–Crippen MR) is 109 cm³/mol. The first-order chi connectivity index (χ1) is 13.1. The average molecular weight is 367 g/mol. The molecule has 3 rings (SSSR count). The molecule has 3 heteroatoms. The van der Waals surface area contributed by atoms with Crippen molar-refractivity contribution in [3.8, 4) is 0 Å². The zero-order valence-corrected chi connectivity index (χ0v) is 16.0. The maximum atomic E-state index is 10.1. The van der Waals surface area contributed by atoms with Gasteiger partial charge in [-0.25, -0.2) is 0 Å². The molecule has 1 aliphatic carbocycles. The summed E-state index contributed by atoms with van der Waals surface area (Å²) in [5, 5.41) is 28.5. The summed E-state index contributed by atoms with van der Waals surface area (Å²) in [4.78, 5) is 0. The number of aliphatic hydroxyl groups excluding tert-OH is 2. The van der Waals surface area contributed by atoms with Gasteiger partial charge in [0.15, 0.2) is 6.29 Å². The first-order valence-corrected chi connectivity index (χ1v) is 9.98. The van der Waals surface area contributed by atoms with E-state index in [1.807, 2.05) is 12.1 Å². The Hall–Kier alpha value is -1.94. The van der Waals surface area contributed by atoms with Crippen molar-refractivity contribution in [2.24, 2.45) is 5.92 Å². The molecule has 1 unspecified atom stereocenters. The Morgan fingerprint density at radius 2 is 1.70 bits per heavy atom. The minimum absolute atomic E-state index is 0.185. The molecule has 1 atom stereocenters. The number of aryl methyl sites for hydroxylation is 2. The molecule has 144 valence electrons. The van der Waals surface area contributed by atoms with E-state index in [2.05, 4.69) is 37.3 Å². The summed E-state index contributed by atoms with van der Waals surface area (Å²) < 4.78 is 0. The van der Waals surface area contributed by atoms with Gasteiger partial charge in [-0.2, -0.15) is 0 Å². The molecule has 27 heavy (non-hydrogen) atoms. The molecule has 0 bridgehead atoms. The van der Waals surface area contributed by atoms with Crippen LogP contribution in [0, 0.1) is 5.92 Å². The van der Waals surface area contributed by atoms with Crippen molar-refractivity contribution in [2.75, 3.05) is 0 Å². The van der Waals surface area contributed by atoms with Gasteiger partial charge in [0.05, 0.1) is 6.10 Å². The molecule has 0 spiro atoms. The number of aliphatic hydroxyl groups is 3. The zero-order valence-electron chi connectivity index (χ0n) is 16.0. The van der Waals surface area contributed by atoms with Crippen molar-refractivity contribution >= 4 is 5.57 Å². The van der Waals surface area contributed by atoms with E-state index < -0.39 is 6.29 Å². The van der Waals surface area contributed by atoms with Crippen molar-refractivity contribution in [3.05, 3.63) is 76.9 Å². The van der Waals surface area contributed by atoms with E-state index >= 15 is 0 Å².